The number of carbonyl (C=O) groups excluding carboxylic acids is 1. The lowest BCUT2D eigenvalue weighted by molar-refractivity contribution is -0.116. The zero-order valence-electron chi connectivity index (χ0n) is 10.8. The number of halogens is 1. The van der Waals surface area contributed by atoms with Gasteiger partial charge in [-0.3, -0.25) is 4.79 Å². The highest BCUT2D eigenvalue weighted by atomic mass is 79.9. The van der Waals surface area contributed by atoms with Crippen molar-refractivity contribution in [3.8, 4) is 11.5 Å². The van der Waals surface area contributed by atoms with E-state index in [-0.39, 0.29) is 5.91 Å². The van der Waals surface area contributed by atoms with Crippen LogP contribution in [0.1, 0.15) is 12.8 Å². The predicted octanol–water partition coefficient (Wildman–Crippen LogP) is 2.16. The van der Waals surface area contributed by atoms with Crippen molar-refractivity contribution in [2.24, 2.45) is 0 Å². The summed E-state index contributed by atoms with van der Waals surface area (Å²) in [5.41, 5.74) is 0.707. The molecule has 1 aromatic rings. The van der Waals surface area contributed by atoms with E-state index in [0.29, 0.717) is 36.8 Å². The van der Waals surface area contributed by atoms with Crippen molar-refractivity contribution in [1.82, 2.24) is 5.32 Å². The van der Waals surface area contributed by atoms with Crippen molar-refractivity contribution in [3.63, 3.8) is 0 Å². The predicted molar refractivity (Wildman–Crippen MR) is 76.9 cm³/mol. The molecule has 6 heteroatoms. The molecule has 0 unspecified atom stereocenters. The number of amides is 1. The molecule has 0 atom stereocenters. The largest absolute Gasteiger partial charge is 0.486 e. The van der Waals surface area contributed by atoms with E-state index < -0.39 is 0 Å². The molecule has 0 aromatic heterocycles. The van der Waals surface area contributed by atoms with Crippen molar-refractivity contribution < 1.29 is 14.3 Å². The second kappa shape index (κ2) is 6.77. The molecule has 0 aliphatic carbocycles. The van der Waals surface area contributed by atoms with Crippen LogP contribution >= 0.6 is 15.9 Å². The molecule has 0 fully saturated rings. The second-order valence-corrected chi connectivity index (χ2v) is 5.09. The fourth-order valence-corrected chi connectivity index (χ4v) is 2.22. The standard InChI is InChI=1S/C13H17BrN2O3/c1-15-4-2-3-13(17)16-10-8-12-11(7-9(10)14)18-5-6-19-12/h7-8,15H,2-6H2,1H3,(H,16,17). The van der Waals surface area contributed by atoms with Crippen molar-refractivity contribution in [2.75, 3.05) is 32.1 Å². The number of hydrogen-bond donors (Lipinski definition) is 2. The van der Waals surface area contributed by atoms with E-state index in [9.17, 15) is 4.79 Å². The Morgan fingerprint density at radius 2 is 2.00 bits per heavy atom. The van der Waals surface area contributed by atoms with Gasteiger partial charge in [-0.05, 0) is 35.9 Å². The third-order valence-electron chi connectivity index (χ3n) is 2.74. The molecule has 0 saturated carbocycles. The van der Waals surface area contributed by atoms with Gasteiger partial charge >= 0.3 is 0 Å². The van der Waals surface area contributed by atoms with Crippen LogP contribution in [0.25, 0.3) is 0 Å². The summed E-state index contributed by atoms with van der Waals surface area (Å²) in [6.45, 7) is 1.91. The molecule has 1 aliphatic rings. The number of rotatable bonds is 5. The smallest absolute Gasteiger partial charge is 0.224 e. The zero-order chi connectivity index (χ0) is 13.7. The molecule has 1 aliphatic heterocycles. The minimum Gasteiger partial charge on any atom is -0.486 e. The molecule has 0 bridgehead atoms. The van der Waals surface area contributed by atoms with Crippen molar-refractivity contribution >= 4 is 27.5 Å². The van der Waals surface area contributed by atoms with E-state index in [1.165, 1.54) is 0 Å². The number of nitrogens with one attached hydrogen (secondary N) is 2. The molecule has 5 nitrogen and oxygen atoms in total. The highest BCUT2D eigenvalue weighted by Crippen LogP contribution is 2.38. The van der Waals surface area contributed by atoms with Gasteiger partial charge in [0.15, 0.2) is 11.5 Å². The summed E-state index contributed by atoms with van der Waals surface area (Å²) in [7, 11) is 1.87. The van der Waals surface area contributed by atoms with Gasteiger partial charge < -0.3 is 20.1 Å². The van der Waals surface area contributed by atoms with Gasteiger partial charge in [-0.15, -0.1) is 0 Å². The first-order valence-corrected chi connectivity index (χ1v) is 7.03. The van der Waals surface area contributed by atoms with Gasteiger partial charge in [-0.25, -0.2) is 0 Å². The van der Waals surface area contributed by atoms with E-state index in [1.807, 2.05) is 13.1 Å². The Kier molecular flexibility index (Phi) is 5.04. The summed E-state index contributed by atoms with van der Waals surface area (Å²) in [4.78, 5) is 11.8. The Morgan fingerprint density at radius 1 is 1.32 bits per heavy atom. The molecule has 1 amide bonds. The summed E-state index contributed by atoms with van der Waals surface area (Å²) >= 11 is 3.42. The number of hydrogen-bond acceptors (Lipinski definition) is 4. The van der Waals surface area contributed by atoms with Crippen LogP contribution in [-0.4, -0.2) is 32.7 Å². The molecule has 0 saturated heterocycles. The monoisotopic (exact) mass is 328 g/mol. The Labute approximate surface area is 120 Å². The van der Waals surface area contributed by atoms with E-state index in [0.717, 1.165) is 17.4 Å². The minimum absolute atomic E-state index is 0.00683. The van der Waals surface area contributed by atoms with Gasteiger partial charge in [0.2, 0.25) is 5.91 Å². The Morgan fingerprint density at radius 3 is 2.68 bits per heavy atom. The fourth-order valence-electron chi connectivity index (χ4n) is 1.80. The van der Waals surface area contributed by atoms with Crippen LogP contribution in [0.2, 0.25) is 0 Å². The number of fused-ring (bicyclic) bond motifs is 1. The number of anilines is 1. The molecule has 19 heavy (non-hydrogen) atoms. The summed E-state index contributed by atoms with van der Waals surface area (Å²) in [5.74, 6) is 1.36. The van der Waals surface area contributed by atoms with Crippen LogP contribution in [0.3, 0.4) is 0 Å². The van der Waals surface area contributed by atoms with Crippen LogP contribution in [0.4, 0.5) is 5.69 Å². The maximum Gasteiger partial charge on any atom is 0.224 e. The maximum absolute atomic E-state index is 11.8. The van der Waals surface area contributed by atoms with Crippen molar-refractivity contribution in [3.05, 3.63) is 16.6 Å². The molecule has 0 spiro atoms. The van der Waals surface area contributed by atoms with Crippen LogP contribution in [-0.2, 0) is 4.79 Å². The number of carbonyl (C=O) groups is 1. The lowest BCUT2D eigenvalue weighted by atomic mass is 10.2. The normalized spacial score (nSPS) is 13.2. The van der Waals surface area contributed by atoms with Crippen LogP contribution in [0.5, 0.6) is 11.5 Å². The van der Waals surface area contributed by atoms with E-state index in [2.05, 4.69) is 26.6 Å². The van der Waals surface area contributed by atoms with Gasteiger partial charge in [-0.2, -0.15) is 0 Å². The summed E-state index contributed by atoms with van der Waals surface area (Å²) in [6.07, 6.45) is 1.30. The van der Waals surface area contributed by atoms with Gasteiger partial charge in [0.25, 0.3) is 0 Å². The maximum atomic E-state index is 11.8. The first kappa shape index (κ1) is 14.1. The first-order valence-electron chi connectivity index (χ1n) is 6.24. The first-order chi connectivity index (χ1) is 9.20. The Bertz CT molecular complexity index is 465. The van der Waals surface area contributed by atoms with E-state index in [4.69, 9.17) is 9.47 Å². The van der Waals surface area contributed by atoms with Crippen LogP contribution < -0.4 is 20.1 Å². The van der Waals surface area contributed by atoms with E-state index >= 15 is 0 Å². The van der Waals surface area contributed by atoms with Gasteiger partial charge in [0, 0.05) is 23.0 Å². The molecule has 104 valence electrons. The lowest BCUT2D eigenvalue weighted by Crippen LogP contribution is -2.17. The van der Waals surface area contributed by atoms with Gasteiger partial charge in [0.1, 0.15) is 13.2 Å². The summed E-state index contributed by atoms with van der Waals surface area (Å²) in [5, 5.41) is 5.88. The molecule has 1 aromatic carbocycles. The fraction of sp³-hybridized carbons (Fsp3) is 0.462. The molecule has 2 N–H and O–H groups in total. The topological polar surface area (TPSA) is 59.6 Å². The summed E-state index contributed by atoms with van der Waals surface area (Å²) < 4.78 is 11.8. The zero-order valence-corrected chi connectivity index (χ0v) is 12.4. The summed E-state index contributed by atoms with van der Waals surface area (Å²) in [6, 6.07) is 3.60. The van der Waals surface area contributed by atoms with E-state index in [1.54, 1.807) is 6.07 Å². The highest BCUT2D eigenvalue weighted by molar-refractivity contribution is 9.10. The minimum atomic E-state index is -0.00683. The lowest BCUT2D eigenvalue weighted by Gasteiger charge is -2.20. The molecular formula is C13H17BrN2O3. The quantitative estimate of drug-likeness (QED) is 0.813. The number of benzene rings is 1. The molecule has 1 heterocycles. The third kappa shape index (κ3) is 3.84. The average Bonchev–Trinajstić information content (AvgIpc) is 2.40. The molecule has 2 rings (SSSR count). The molecular weight excluding hydrogens is 312 g/mol. The number of ether oxygens (including phenoxy) is 2. The average molecular weight is 329 g/mol. The highest BCUT2D eigenvalue weighted by Gasteiger charge is 2.15. The molecule has 0 radical (unpaired) electrons. The third-order valence-corrected chi connectivity index (χ3v) is 3.39. The second-order valence-electron chi connectivity index (χ2n) is 4.23. The Balaban J connectivity index is 2.01. The van der Waals surface area contributed by atoms with Crippen molar-refractivity contribution in [1.29, 1.82) is 0 Å². The van der Waals surface area contributed by atoms with Crippen molar-refractivity contribution in [2.45, 2.75) is 12.8 Å². The SMILES string of the molecule is CNCCCC(=O)Nc1cc2c(cc1Br)OCCO2. The Hall–Kier alpha value is -1.27. The van der Waals surface area contributed by atoms with Crippen LogP contribution in [0.15, 0.2) is 16.6 Å². The van der Waals surface area contributed by atoms with Crippen LogP contribution in [0, 0.1) is 0 Å². The van der Waals surface area contributed by atoms with Gasteiger partial charge in [-0.1, -0.05) is 0 Å². The van der Waals surface area contributed by atoms with Gasteiger partial charge in [0.05, 0.1) is 5.69 Å².